The second-order valence-corrected chi connectivity index (χ2v) is 5.14. The number of alkyl halides is 1. The van der Waals surface area contributed by atoms with E-state index in [0.29, 0.717) is 12.0 Å². The van der Waals surface area contributed by atoms with Gasteiger partial charge in [0.2, 0.25) is 0 Å². The van der Waals surface area contributed by atoms with Crippen LogP contribution in [-0.2, 0) is 6.54 Å². The molecule has 1 heterocycles. The van der Waals surface area contributed by atoms with E-state index in [1.165, 1.54) is 11.1 Å². The summed E-state index contributed by atoms with van der Waals surface area (Å²) in [7, 11) is 0. The molecular weight excluding hydrogens is 299 g/mol. The zero-order valence-corrected chi connectivity index (χ0v) is 11.8. The summed E-state index contributed by atoms with van der Waals surface area (Å²) in [5.74, 6) is 0.680. The largest absolute Gasteiger partial charge is 0.309 e. The Bertz CT molecular complexity index is 299. The number of rotatable bonds is 5. The molecule has 0 fully saturated rings. The van der Waals surface area contributed by atoms with Crippen LogP contribution >= 0.6 is 22.6 Å². The van der Waals surface area contributed by atoms with E-state index in [1.807, 2.05) is 12.4 Å². The third kappa shape index (κ3) is 4.47. The zero-order valence-electron chi connectivity index (χ0n) is 9.63. The number of aryl methyl sites for hydroxylation is 1. The molecule has 0 amide bonds. The molecule has 2 nitrogen and oxygen atoms in total. The van der Waals surface area contributed by atoms with Gasteiger partial charge in [-0.25, -0.2) is 0 Å². The number of hydrogen-bond acceptors (Lipinski definition) is 2. The Kier molecular flexibility index (Phi) is 5.53. The molecule has 0 aliphatic heterocycles. The van der Waals surface area contributed by atoms with Crippen molar-refractivity contribution < 1.29 is 0 Å². The Morgan fingerprint density at radius 1 is 1.40 bits per heavy atom. The first-order valence-corrected chi connectivity index (χ1v) is 6.86. The van der Waals surface area contributed by atoms with E-state index in [0.717, 1.165) is 11.0 Å². The summed E-state index contributed by atoms with van der Waals surface area (Å²) in [4.78, 5) is 4.19. The molecule has 0 spiro atoms. The summed E-state index contributed by atoms with van der Waals surface area (Å²) < 4.78 is 1.15. The van der Waals surface area contributed by atoms with E-state index in [9.17, 15) is 0 Å². The fourth-order valence-electron chi connectivity index (χ4n) is 1.43. The van der Waals surface area contributed by atoms with Gasteiger partial charge in [-0.15, -0.1) is 0 Å². The predicted octanol–water partition coefficient (Wildman–Crippen LogP) is 2.94. The van der Waals surface area contributed by atoms with Crippen molar-refractivity contribution in [2.24, 2.45) is 5.92 Å². The van der Waals surface area contributed by atoms with Gasteiger partial charge in [0.1, 0.15) is 0 Å². The Hall–Kier alpha value is -0.160. The van der Waals surface area contributed by atoms with Gasteiger partial charge in [0.25, 0.3) is 0 Å². The van der Waals surface area contributed by atoms with Crippen LogP contribution in [0.25, 0.3) is 0 Å². The first-order chi connectivity index (χ1) is 7.13. The van der Waals surface area contributed by atoms with E-state index < -0.39 is 0 Å². The Labute approximate surface area is 106 Å². The lowest BCUT2D eigenvalue weighted by molar-refractivity contribution is 0.436. The molecule has 1 rings (SSSR count). The Morgan fingerprint density at radius 2 is 2.13 bits per heavy atom. The number of hydrogen-bond donors (Lipinski definition) is 1. The second kappa shape index (κ2) is 6.43. The second-order valence-electron chi connectivity index (χ2n) is 4.26. The monoisotopic (exact) mass is 318 g/mol. The van der Waals surface area contributed by atoms with Crippen molar-refractivity contribution in [3.63, 3.8) is 0 Å². The van der Waals surface area contributed by atoms with Gasteiger partial charge < -0.3 is 5.32 Å². The Balaban J connectivity index is 2.49. The van der Waals surface area contributed by atoms with Crippen molar-refractivity contribution in [3.8, 4) is 0 Å². The van der Waals surface area contributed by atoms with Crippen molar-refractivity contribution >= 4 is 22.6 Å². The first-order valence-electron chi connectivity index (χ1n) is 5.33. The third-order valence-corrected chi connectivity index (χ3v) is 3.42. The highest BCUT2D eigenvalue weighted by Gasteiger charge is 2.10. The minimum Gasteiger partial charge on any atom is -0.309 e. The minimum atomic E-state index is 0.589. The first kappa shape index (κ1) is 12.9. The quantitative estimate of drug-likeness (QED) is 0.667. The summed E-state index contributed by atoms with van der Waals surface area (Å²) in [6.07, 6.45) is 3.83. The molecule has 84 valence electrons. The van der Waals surface area contributed by atoms with E-state index in [2.05, 4.69) is 59.7 Å². The summed E-state index contributed by atoms with van der Waals surface area (Å²) in [5, 5.41) is 3.56. The average molecular weight is 318 g/mol. The summed E-state index contributed by atoms with van der Waals surface area (Å²) in [6, 6.07) is 2.77. The van der Waals surface area contributed by atoms with Crippen molar-refractivity contribution in [1.82, 2.24) is 10.3 Å². The molecule has 0 aromatic carbocycles. The lowest BCUT2D eigenvalue weighted by atomic mass is 10.1. The maximum atomic E-state index is 4.19. The van der Waals surface area contributed by atoms with Gasteiger partial charge in [-0.2, -0.15) is 0 Å². The number of nitrogens with one attached hydrogen (secondary N) is 1. The standard InChI is InChI=1S/C12H19IN2/c1-9(2)12(5-13)15-8-11-4-10(3)6-14-7-11/h4,6-7,9,12,15H,5,8H2,1-3H3. The van der Waals surface area contributed by atoms with Crippen molar-refractivity contribution in [3.05, 3.63) is 29.6 Å². The lowest BCUT2D eigenvalue weighted by Crippen LogP contribution is -2.34. The zero-order chi connectivity index (χ0) is 11.3. The highest BCUT2D eigenvalue weighted by Crippen LogP contribution is 2.07. The average Bonchev–Trinajstić information content (AvgIpc) is 2.18. The topological polar surface area (TPSA) is 24.9 Å². The normalized spacial score (nSPS) is 13.1. The highest BCUT2D eigenvalue weighted by molar-refractivity contribution is 14.1. The highest BCUT2D eigenvalue weighted by atomic mass is 127. The fourth-order valence-corrected chi connectivity index (χ4v) is 2.76. The molecule has 0 aliphatic carbocycles. The number of nitrogens with zero attached hydrogens (tertiary/aromatic N) is 1. The van der Waals surface area contributed by atoms with Crippen LogP contribution in [0.5, 0.6) is 0 Å². The molecule has 0 saturated heterocycles. The molecule has 0 aliphatic rings. The van der Waals surface area contributed by atoms with Gasteiger partial charge in [-0.05, 0) is 24.0 Å². The van der Waals surface area contributed by atoms with Crippen LogP contribution in [0.4, 0.5) is 0 Å². The third-order valence-electron chi connectivity index (χ3n) is 2.47. The summed E-state index contributed by atoms with van der Waals surface area (Å²) in [6.45, 7) is 7.50. The number of pyridine rings is 1. The molecule has 0 radical (unpaired) electrons. The van der Waals surface area contributed by atoms with Crippen LogP contribution < -0.4 is 5.32 Å². The smallest absolute Gasteiger partial charge is 0.0313 e. The van der Waals surface area contributed by atoms with Gasteiger partial charge >= 0.3 is 0 Å². The van der Waals surface area contributed by atoms with Crippen molar-refractivity contribution in [2.45, 2.75) is 33.4 Å². The number of halogens is 1. The predicted molar refractivity (Wildman–Crippen MR) is 73.3 cm³/mol. The van der Waals surface area contributed by atoms with E-state index in [-0.39, 0.29) is 0 Å². The molecule has 1 unspecified atom stereocenters. The molecule has 1 N–H and O–H groups in total. The Morgan fingerprint density at radius 3 is 2.67 bits per heavy atom. The van der Waals surface area contributed by atoms with Gasteiger partial charge in [-0.1, -0.05) is 42.5 Å². The summed E-state index contributed by atoms with van der Waals surface area (Å²) >= 11 is 2.44. The maximum absolute atomic E-state index is 4.19. The molecule has 3 heteroatoms. The minimum absolute atomic E-state index is 0.589. The van der Waals surface area contributed by atoms with Crippen LogP contribution in [0.15, 0.2) is 18.5 Å². The molecule has 0 bridgehead atoms. The van der Waals surface area contributed by atoms with Gasteiger partial charge in [0.15, 0.2) is 0 Å². The SMILES string of the molecule is Cc1cncc(CNC(CI)C(C)C)c1. The molecule has 0 saturated carbocycles. The van der Waals surface area contributed by atoms with Crippen LogP contribution in [0.3, 0.4) is 0 Å². The molecule has 1 aromatic heterocycles. The lowest BCUT2D eigenvalue weighted by Gasteiger charge is -2.19. The maximum Gasteiger partial charge on any atom is 0.0313 e. The molecule has 1 aromatic rings. The van der Waals surface area contributed by atoms with Gasteiger partial charge in [-0.3, -0.25) is 4.98 Å². The van der Waals surface area contributed by atoms with E-state index in [1.54, 1.807) is 0 Å². The summed E-state index contributed by atoms with van der Waals surface area (Å²) in [5.41, 5.74) is 2.50. The van der Waals surface area contributed by atoms with Crippen LogP contribution in [0, 0.1) is 12.8 Å². The van der Waals surface area contributed by atoms with E-state index >= 15 is 0 Å². The van der Waals surface area contributed by atoms with Gasteiger partial charge in [0.05, 0.1) is 0 Å². The van der Waals surface area contributed by atoms with Crippen molar-refractivity contribution in [1.29, 1.82) is 0 Å². The van der Waals surface area contributed by atoms with Crippen LogP contribution in [0.1, 0.15) is 25.0 Å². The van der Waals surface area contributed by atoms with Crippen LogP contribution in [0.2, 0.25) is 0 Å². The van der Waals surface area contributed by atoms with E-state index in [4.69, 9.17) is 0 Å². The molecule has 15 heavy (non-hydrogen) atoms. The van der Waals surface area contributed by atoms with Crippen LogP contribution in [-0.4, -0.2) is 15.5 Å². The number of aromatic nitrogens is 1. The van der Waals surface area contributed by atoms with Gasteiger partial charge in [0, 0.05) is 29.4 Å². The molecular formula is C12H19IN2. The van der Waals surface area contributed by atoms with Crippen molar-refractivity contribution in [2.75, 3.05) is 4.43 Å². The fraction of sp³-hybridized carbons (Fsp3) is 0.583. The molecule has 1 atom stereocenters.